The molecular weight excluding hydrogens is 733 g/mol. The first-order valence-electron chi connectivity index (χ1n) is 18.4. The van der Waals surface area contributed by atoms with Gasteiger partial charge in [0, 0.05) is 47.5 Å². The minimum Gasteiger partial charge on any atom is -0.489 e. The molecule has 6 aromatic carbocycles. The molecule has 12 nitrogen and oxygen atoms in total. The Balaban J connectivity index is 1.17. The number of benzene rings is 6. The lowest BCUT2D eigenvalue weighted by Crippen LogP contribution is -2.04. The summed E-state index contributed by atoms with van der Waals surface area (Å²) in [5.41, 5.74) is 5.59. The Labute approximate surface area is 333 Å². The summed E-state index contributed by atoms with van der Waals surface area (Å²) in [5.74, 6) is 2.79. The molecule has 0 aliphatic carbocycles. The largest absolute Gasteiger partial charge is 0.489 e. The van der Waals surface area contributed by atoms with E-state index in [-0.39, 0.29) is 24.0 Å². The van der Waals surface area contributed by atoms with Crippen LogP contribution in [0.5, 0.6) is 58.5 Å². The van der Waals surface area contributed by atoms with Crippen molar-refractivity contribution in [3.8, 4) is 81.3 Å². The lowest BCUT2D eigenvalue weighted by molar-refractivity contribution is 0.300. The van der Waals surface area contributed by atoms with Crippen molar-refractivity contribution < 1.29 is 28.4 Å². The first-order chi connectivity index (χ1) is 28.4. The van der Waals surface area contributed by atoms with E-state index in [1.165, 1.54) is 0 Å². The highest BCUT2D eigenvalue weighted by Gasteiger charge is 2.19. The average molecular weight is 767 g/mol. The van der Waals surface area contributed by atoms with Crippen LogP contribution in [0.4, 0.5) is 0 Å². The van der Waals surface area contributed by atoms with E-state index in [0.717, 1.165) is 33.4 Å². The van der Waals surface area contributed by atoms with Gasteiger partial charge < -0.3 is 28.4 Å². The molecule has 9 rings (SSSR count). The number of nitrogens with zero attached hydrogens (tertiary/aromatic N) is 6. The fourth-order valence-electron chi connectivity index (χ4n) is 5.92. The number of aromatic nitrogens is 6. The highest BCUT2D eigenvalue weighted by atomic mass is 16.5. The van der Waals surface area contributed by atoms with E-state index in [1.807, 2.05) is 123 Å². The summed E-state index contributed by atoms with van der Waals surface area (Å²) in [5, 5.41) is 0. The molecule has 58 heavy (non-hydrogen) atoms. The Morgan fingerprint density at radius 2 is 0.707 bits per heavy atom. The summed E-state index contributed by atoms with van der Waals surface area (Å²) in [6, 6.07) is 45.3. The third-order valence-electron chi connectivity index (χ3n) is 8.85. The molecule has 284 valence electrons. The van der Waals surface area contributed by atoms with E-state index >= 15 is 0 Å². The van der Waals surface area contributed by atoms with Crippen LogP contribution in [0.15, 0.2) is 146 Å². The predicted octanol–water partition coefficient (Wildman–Crippen LogP) is 10.6. The smallest absolute Gasteiger partial charge is 0.328 e. The molecule has 0 N–H and O–H groups in total. The van der Waals surface area contributed by atoms with Gasteiger partial charge in [-0.25, -0.2) is 0 Å². The van der Waals surface area contributed by atoms with Crippen LogP contribution in [0.25, 0.3) is 22.8 Å². The molecule has 0 unspecified atom stereocenters. The van der Waals surface area contributed by atoms with Crippen LogP contribution < -0.4 is 28.4 Å². The van der Waals surface area contributed by atoms with Gasteiger partial charge in [-0.05, 0) is 25.0 Å². The van der Waals surface area contributed by atoms with E-state index in [9.17, 15) is 0 Å². The van der Waals surface area contributed by atoms with Crippen molar-refractivity contribution in [2.24, 2.45) is 0 Å². The number of hydrogen-bond acceptors (Lipinski definition) is 12. The fourth-order valence-corrected chi connectivity index (χ4v) is 5.92. The Kier molecular flexibility index (Phi) is 9.93. The number of aryl methyl sites for hydroxylation is 2. The molecule has 0 fully saturated rings. The van der Waals surface area contributed by atoms with Crippen molar-refractivity contribution >= 4 is 0 Å². The van der Waals surface area contributed by atoms with Crippen molar-refractivity contribution in [3.05, 3.63) is 168 Å². The normalized spacial score (nSPS) is 11.6. The van der Waals surface area contributed by atoms with Gasteiger partial charge in [-0.3, -0.25) is 0 Å². The fraction of sp³-hybridized carbons (Fsp3) is 0.0870. The van der Waals surface area contributed by atoms with E-state index in [1.54, 1.807) is 36.4 Å². The molecule has 12 heteroatoms. The van der Waals surface area contributed by atoms with Gasteiger partial charge in [-0.2, -0.15) is 19.9 Å². The van der Waals surface area contributed by atoms with Crippen LogP contribution >= 0.6 is 0 Å². The lowest BCUT2D eigenvalue weighted by Gasteiger charge is -2.15. The first-order valence-corrected chi connectivity index (χ1v) is 18.4. The van der Waals surface area contributed by atoms with E-state index in [0.29, 0.717) is 59.4 Å². The quantitative estimate of drug-likeness (QED) is 0.146. The third-order valence-corrected chi connectivity index (χ3v) is 8.85. The Morgan fingerprint density at radius 1 is 0.379 bits per heavy atom. The van der Waals surface area contributed by atoms with Gasteiger partial charge in [-0.1, -0.05) is 120 Å². The zero-order valence-electron chi connectivity index (χ0n) is 31.4. The Bertz CT molecular complexity index is 2430. The minimum absolute atomic E-state index is 0.0316. The number of ether oxygens (including phenoxy) is 6. The molecule has 1 aliphatic rings. The van der Waals surface area contributed by atoms with E-state index in [2.05, 4.69) is 29.9 Å². The average Bonchev–Trinajstić information content (AvgIpc) is 3.23. The molecule has 8 bridgehead atoms. The zero-order valence-corrected chi connectivity index (χ0v) is 31.4. The lowest BCUT2D eigenvalue weighted by atomic mass is 10.1. The Morgan fingerprint density at radius 3 is 1.03 bits per heavy atom. The van der Waals surface area contributed by atoms with Crippen LogP contribution in [-0.2, 0) is 13.2 Å². The van der Waals surface area contributed by atoms with Gasteiger partial charge in [0.25, 0.3) is 0 Å². The second-order valence-electron chi connectivity index (χ2n) is 13.4. The summed E-state index contributed by atoms with van der Waals surface area (Å²) in [6.45, 7) is 4.60. The SMILES string of the molecule is Cc1ccc(-c2nc3nc(n2)Oc2cc(OCc4ccccc4)cc(c2)Oc2nc(nc(-c4ccc(C)cc4)n2)Oc2cc(OCc4ccccc4)cc(c2)O3)cc1. The van der Waals surface area contributed by atoms with Crippen LogP contribution in [0, 0.1) is 13.8 Å². The highest BCUT2D eigenvalue weighted by Crippen LogP contribution is 2.37. The maximum absolute atomic E-state index is 6.36. The molecule has 3 heterocycles. The van der Waals surface area contributed by atoms with Gasteiger partial charge >= 0.3 is 24.0 Å². The predicted molar refractivity (Wildman–Crippen MR) is 215 cm³/mol. The molecule has 0 atom stereocenters. The van der Waals surface area contributed by atoms with E-state index in [4.69, 9.17) is 28.4 Å². The number of hydrogen-bond donors (Lipinski definition) is 0. The molecule has 0 saturated carbocycles. The molecule has 0 saturated heterocycles. The minimum atomic E-state index is -0.0316. The first kappa shape index (κ1) is 35.8. The zero-order chi connectivity index (χ0) is 39.3. The number of fused-ring (bicyclic) bond motifs is 8. The van der Waals surface area contributed by atoms with Gasteiger partial charge in [-0.15, -0.1) is 9.97 Å². The summed E-state index contributed by atoms with van der Waals surface area (Å²) < 4.78 is 37.9. The van der Waals surface area contributed by atoms with Gasteiger partial charge in [0.15, 0.2) is 11.6 Å². The Hall–Kier alpha value is -7.86. The maximum Gasteiger partial charge on any atom is 0.328 e. The molecular formula is C46H34N6O6. The molecule has 0 spiro atoms. The topological polar surface area (TPSA) is 133 Å². The van der Waals surface area contributed by atoms with Gasteiger partial charge in [0.1, 0.15) is 47.7 Å². The molecule has 2 aromatic heterocycles. The van der Waals surface area contributed by atoms with Crippen molar-refractivity contribution in [2.45, 2.75) is 27.1 Å². The monoisotopic (exact) mass is 766 g/mol. The molecule has 0 amide bonds. The molecule has 8 aromatic rings. The summed E-state index contributed by atoms with van der Waals surface area (Å²) >= 11 is 0. The van der Waals surface area contributed by atoms with Crippen LogP contribution in [-0.4, -0.2) is 29.9 Å². The van der Waals surface area contributed by atoms with Crippen LogP contribution in [0.2, 0.25) is 0 Å². The maximum atomic E-state index is 6.36. The van der Waals surface area contributed by atoms with Crippen LogP contribution in [0.3, 0.4) is 0 Å². The summed E-state index contributed by atoms with van der Waals surface area (Å²) in [6.07, 6.45) is 0. The van der Waals surface area contributed by atoms with E-state index < -0.39 is 0 Å². The summed E-state index contributed by atoms with van der Waals surface area (Å²) in [4.78, 5) is 27.8. The molecule has 0 radical (unpaired) electrons. The third kappa shape index (κ3) is 8.82. The van der Waals surface area contributed by atoms with Crippen molar-refractivity contribution in [1.82, 2.24) is 29.9 Å². The van der Waals surface area contributed by atoms with Gasteiger partial charge in [0.2, 0.25) is 0 Å². The molecule has 1 aliphatic heterocycles. The second-order valence-corrected chi connectivity index (χ2v) is 13.4. The summed E-state index contributed by atoms with van der Waals surface area (Å²) in [7, 11) is 0. The second kappa shape index (κ2) is 16.1. The van der Waals surface area contributed by atoms with Crippen LogP contribution in [0.1, 0.15) is 22.3 Å². The van der Waals surface area contributed by atoms with Crippen molar-refractivity contribution in [2.75, 3.05) is 0 Å². The number of rotatable bonds is 8. The van der Waals surface area contributed by atoms with Crippen molar-refractivity contribution in [1.29, 1.82) is 0 Å². The highest BCUT2D eigenvalue weighted by molar-refractivity contribution is 5.58. The van der Waals surface area contributed by atoms with Crippen molar-refractivity contribution in [3.63, 3.8) is 0 Å². The van der Waals surface area contributed by atoms with Gasteiger partial charge in [0.05, 0.1) is 0 Å². The standard InChI is InChI=1S/C46H34N6O6/c1-29-13-17-33(18-14-29)41-47-43-51-44(48-41)56-38-22-36(54-28-32-11-7-4-8-12-32)24-40(26-38)58-46-50-42(34-19-15-30(2)16-20-34)49-45(52-46)57-39-23-35(21-37(25-39)55-43)53-27-31-9-5-3-6-10-31/h3-26H,27-28H2,1-2H3.